The molecule has 0 aromatic heterocycles. The van der Waals surface area contributed by atoms with Gasteiger partial charge in [-0.2, -0.15) is 0 Å². The number of aryl methyl sites for hydroxylation is 1. The lowest BCUT2D eigenvalue weighted by atomic mass is 10.1. The molecule has 0 unspecified atom stereocenters. The molecule has 0 aliphatic carbocycles. The summed E-state index contributed by atoms with van der Waals surface area (Å²) in [5.41, 5.74) is 7.29. The Hall–Kier alpha value is -1.55. The zero-order valence-electron chi connectivity index (χ0n) is 10.4. The number of halogens is 2. The van der Waals surface area contributed by atoms with Gasteiger partial charge in [0.1, 0.15) is 11.6 Å². The van der Waals surface area contributed by atoms with E-state index in [1.54, 1.807) is 6.07 Å². The third-order valence-electron chi connectivity index (χ3n) is 2.76. The van der Waals surface area contributed by atoms with Gasteiger partial charge in [-0.15, -0.1) is 0 Å². The molecule has 4 heteroatoms. The molecule has 0 bridgehead atoms. The molecule has 0 saturated heterocycles. The van der Waals surface area contributed by atoms with E-state index >= 15 is 0 Å². The highest BCUT2D eigenvalue weighted by Crippen LogP contribution is 2.28. The normalized spacial score (nSPS) is 10.4. The lowest BCUT2D eigenvalue weighted by Crippen LogP contribution is -2.02. The maximum absolute atomic E-state index is 13.2. The van der Waals surface area contributed by atoms with Crippen molar-refractivity contribution in [3.63, 3.8) is 0 Å². The number of anilines is 1. The predicted octanol–water partition coefficient (Wildman–Crippen LogP) is 4.18. The lowest BCUT2D eigenvalue weighted by Gasteiger charge is -2.09. The molecule has 2 nitrogen and oxygen atoms in total. The Morgan fingerprint density at radius 2 is 1.89 bits per heavy atom. The van der Waals surface area contributed by atoms with Gasteiger partial charge in [0.2, 0.25) is 0 Å². The van der Waals surface area contributed by atoms with E-state index in [1.165, 1.54) is 11.6 Å². The van der Waals surface area contributed by atoms with Gasteiger partial charge < -0.3 is 10.5 Å². The average molecular weight is 324 g/mol. The number of benzene rings is 2. The Bertz CT molecular complexity index is 545. The van der Waals surface area contributed by atoms with Gasteiger partial charge in [0.25, 0.3) is 0 Å². The van der Waals surface area contributed by atoms with Gasteiger partial charge in [-0.05, 0) is 40.4 Å². The number of hydrogen-bond acceptors (Lipinski definition) is 2. The molecule has 0 aliphatic heterocycles. The first-order valence-corrected chi connectivity index (χ1v) is 6.87. The first-order valence-electron chi connectivity index (χ1n) is 6.08. The highest BCUT2D eigenvalue weighted by Gasteiger charge is 2.06. The van der Waals surface area contributed by atoms with Crippen molar-refractivity contribution in [3.8, 4) is 5.75 Å². The third kappa shape index (κ3) is 3.96. The molecular formula is C15H15BrFNO. The summed E-state index contributed by atoms with van der Waals surface area (Å²) in [5.74, 6) is 0.135. The van der Waals surface area contributed by atoms with Crippen LogP contribution in [0.15, 0.2) is 46.9 Å². The second-order valence-corrected chi connectivity index (χ2v) is 5.10. The van der Waals surface area contributed by atoms with Crippen LogP contribution in [0.5, 0.6) is 5.75 Å². The van der Waals surface area contributed by atoms with Gasteiger partial charge in [-0.1, -0.05) is 30.3 Å². The van der Waals surface area contributed by atoms with Gasteiger partial charge >= 0.3 is 0 Å². The summed E-state index contributed by atoms with van der Waals surface area (Å²) in [4.78, 5) is 0. The SMILES string of the molecule is Nc1cc(F)c(Br)cc1OCCCc1ccccc1. The molecule has 100 valence electrons. The fourth-order valence-electron chi connectivity index (χ4n) is 1.77. The summed E-state index contributed by atoms with van der Waals surface area (Å²) >= 11 is 3.12. The Kier molecular flexibility index (Phi) is 4.80. The molecule has 2 aromatic carbocycles. The zero-order valence-corrected chi connectivity index (χ0v) is 12.0. The molecule has 0 radical (unpaired) electrons. The smallest absolute Gasteiger partial charge is 0.143 e. The first-order chi connectivity index (χ1) is 9.16. The second kappa shape index (κ2) is 6.57. The number of nitrogen functional groups attached to an aromatic ring is 1. The van der Waals surface area contributed by atoms with Crippen LogP contribution in [-0.4, -0.2) is 6.61 Å². The van der Waals surface area contributed by atoms with Gasteiger partial charge in [-0.25, -0.2) is 4.39 Å². The Morgan fingerprint density at radius 1 is 1.16 bits per heavy atom. The fraction of sp³-hybridized carbons (Fsp3) is 0.200. The molecule has 0 aliphatic rings. The van der Waals surface area contributed by atoms with Crippen molar-refractivity contribution in [2.24, 2.45) is 0 Å². The van der Waals surface area contributed by atoms with Crippen molar-refractivity contribution in [3.05, 3.63) is 58.3 Å². The van der Waals surface area contributed by atoms with Crippen LogP contribution in [-0.2, 0) is 6.42 Å². The number of nitrogens with two attached hydrogens (primary N) is 1. The third-order valence-corrected chi connectivity index (χ3v) is 3.37. The lowest BCUT2D eigenvalue weighted by molar-refractivity contribution is 0.312. The van der Waals surface area contributed by atoms with E-state index in [4.69, 9.17) is 10.5 Å². The number of rotatable bonds is 5. The summed E-state index contributed by atoms with van der Waals surface area (Å²) < 4.78 is 19.1. The summed E-state index contributed by atoms with van der Waals surface area (Å²) in [6.45, 7) is 0.553. The summed E-state index contributed by atoms with van der Waals surface area (Å²) in [6, 6.07) is 13.0. The quantitative estimate of drug-likeness (QED) is 0.661. The molecule has 0 atom stereocenters. The molecule has 19 heavy (non-hydrogen) atoms. The van der Waals surface area contributed by atoms with Crippen molar-refractivity contribution >= 4 is 21.6 Å². The topological polar surface area (TPSA) is 35.2 Å². The average Bonchev–Trinajstić information content (AvgIpc) is 2.41. The van der Waals surface area contributed by atoms with Crippen LogP contribution in [0.25, 0.3) is 0 Å². The minimum atomic E-state index is -0.380. The fourth-order valence-corrected chi connectivity index (χ4v) is 2.09. The summed E-state index contributed by atoms with van der Waals surface area (Å²) in [7, 11) is 0. The largest absolute Gasteiger partial charge is 0.491 e. The van der Waals surface area contributed by atoms with Crippen LogP contribution < -0.4 is 10.5 Å². The minimum Gasteiger partial charge on any atom is -0.491 e. The van der Waals surface area contributed by atoms with E-state index in [1.807, 2.05) is 18.2 Å². The van der Waals surface area contributed by atoms with Crippen molar-refractivity contribution < 1.29 is 9.13 Å². The van der Waals surface area contributed by atoms with E-state index in [-0.39, 0.29) is 5.82 Å². The number of hydrogen-bond donors (Lipinski definition) is 1. The second-order valence-electron chi connectivity index (χ2n) is 4.24. The van der Waals surface area contributed by atoms with Crippen molar-refractivity contribution in [1.82, 2.24) is 0 Å². The van der Waals surface area contributed by atoms with Crippen LogP contribution in [0.1, 0.15) is 12.0 Å². The van der Waals surface area contributed by atoms with Gasteiger partial charge in [0, 0.05) is 6.07 Å². The highest BCUT2D eigenvalue weighted by atomic mass is 79.9. The molecule has 0 spiro atoms. The van der Waals surface area contributed by atoms with Crippen LogP contribution in [0.2, 0.25) is 0 Å². The van der Waals surface area contributed by atoms with Crippen LogP contribution >= 0.6 is 15.9 Å². The zero-order chi connectivity index (χ0) is 13.7. The van der Waals surface area contributed by atoms with Crippen molar-refractivity contribution in [2.45, 2.75) is 12.8 Å². The molecule has 0 fully saturated rings. The maximum atomic E-state index is 13.2. The standard InChI is InChI=1S/C15H15BrFNO/c16-12-9-15(14(18)10-13(12)17)19-8-4-7-11-5-2-1-3-6-11/h1-3,5-6,9-10H,4,7-8,18H2. The van der Waals surface area contributed by atoms with Crippen LogP contribution in [0.3, 0.4) is 0 Å². The Balaban J connectivity index is 1.85. The molecule has 2 rings (SSSR count). The van der Waals surface area contributed by atoms with E-state index in [9.17, 15) is 4.39 Å². The molecule has 2 aromatic rings. The maximum Gasteiger partial charge on any atom is 0.143 e. The Labute approximate surface area is 120 Å². The van der Waals surface area contributed by atoms with Gasteiger partial charge in [0.15, 0.2) is 0 Å². The monoisotopic (exact) mass is 323 g/mol. The first kappa shape index (κ1) is 13.9. The van der Waals surface area contributed by atoms with Crippen LogP contribution in [0, 0.1) is 5.82 Å². The van der Waals surface area contributed by atoms with Gasteiger partial charge in [-0.3, -0.25) is 0 Å². The van der Waals surface area contributed by atoms with Crippen molar-refractivity contribution in [1.29, 1.82) is 0 Å². The molecule has 2 N–H and O–H groups in total. The minimum absolute atomic E-state index is 0.320. The summed E-state index contributed by atoms with van der Waals surface area (Å²) in [6.07, 6.45) is 1.83. The molecule has 0 heterocycles. The van der Waals surface area contributed by atoms with E-state index < -0.39 is 0 Å². The van der Waals surface area contributed by atoms with Crippen LogP contribution in [0.4, 0.5) is 10.1 Å². The van der Waals surface area contributed by atoms with E-state index in [2.05, 4.69) is 28.1 Å². The molecular weight excluding hydrogens is 309 g/mol. The number of ether oxygens (including phenoxy) is 1. The molecule has 0 saturated carbocycles. The molecule has 0 amide bonds. The predicted molar refractivity (Wildman–Crippen MR) is 78.8 cm³/mol. The Morgan fingerprint density at radius 3 is 2.63 bits per heavy atom. The van der Waals surface area contributed by atoms with E-state index in [0.717, 1.165) is 12.8 Å². The highest BCUT2D eigenvalue weighted by molar-refractivity contribution is 9.10. The van der Waals surface area contributed by atoms with E-state index in [0.29, 0.717) is 22.5 Å². The van der Waals surface area contributed by atoms with Crippen molar-refractivity contribution in [2.75, 3.05) is 12.3 Å². The van der Waals surface area contributed by atoms with Gasteiger partial charge in [0.05, 0.1) is 16.8 Å². The summed E-state index contributed by atoms with van der Waals surface area (Å²) in [5, 5.41) is 0.